The van der Waals surface area contributed by atoms with Gasteiger partial charge in [-0.15, -0.1) is 0 Å². The van der Waals surface area contributed by atoms with Gasteiger partial charge in [-0.3, -0.25) is 0 Å². The van der Waals surface area contributed by atoms with Crippen molar-refractivity contribution in [3.63, 3.8) is 0 Å². The fourth-order valence-electron chi connectivity index (χ4n) is 2.11. The second-order valence-corrected chi connectivity index (χ2v) is 5.10. The van der Waals surface area contributed by atoms with Crippen LogP contribution in [0.1, 0.15) is 27.7 Å². The first kappa shape index (κ1) is 12.0. The molecule has 2 heterocycles. The Balaban J connectivity index is 2.07. The molecule has 0 radical (unpaired) electrons. The Bertz CT molecular complexity index is 290. The van der Waals surface area contributed by atoms with E-state index >= 15 is 0 Å². The number of ether oxygens (including phenoxy) is 4. The van der Waals surface area contributed by atoms with Crippen LogP contribution in [0.15, 0.2) is 0 Å². The van der Waals surface area contributed by atoms with Crippen molar-refractivity contribution in [1.29, 1.82) is 5.41 Å². The van der Waals surface area contributed by atoms with E-state index in [-0.39, 0.29) is 18.3 Å². The maximum Gasteiger partial charge on any atom is 0.164 e. The van der Waals surface area contributed by atoms with Crippen molar-refractivity contribution in [2.75, 3.05) is 6.61 Å². The minimum atomic E-state index is -0.664. The second-order valence-electron chi connectivity index (χ2n) is 5.10. The van der Waals surface area contributed by atoms with E-state index in [1.807, 2.05) is 27.7 Å². The summed E-state index contributed by atoms with van der Waals surface area (Å²) in [5, 5.41) is 7.34. The smallest absolute Gasteiger partial charge is 0.164 e. The SMILES string of the molecule is CC1(C)O[C@H]([C@H]2COC(C)(C)O2)[C@@H](C=N)O1. The van der Waals surface area contributed by atoms with E-state index in [1.165, 1.54) is 6.21 Å². The molecule has 0 unspecified atom stereocenters. The third-order valence-corrected chi connectivity index (χ3v) is 2.72. The number of hydrogen-bond donors (Lipinski definition) is 1. The van der Waals surface area contributed by atoms with Gasteiger partial charge in [-0.05, 0) is 27.7 Å². The van der Waals surface area contributed by atoms with Gasteiger partial charge >= 0.3 is 0 Å². The van der Waals surface area contributed by atoms with Crippen LogP contribution < -0.4 is 0 Å². The minimum absolute atomic E-state index is 0.177. The lowest BCUT2D eigenvalue weighted by molar-refractivity contribution is -0.174. The molecule has 16 heavy (non-hydrogen) atoms. The zero-order valence-corrected chi connectivity index (χ0v) is 10.1. The summed E-state index contributed by atoms with van der Waals surface area (Å²) >= 11 is 0. The van der Waals surface area contributed by atoms with Gasteiger partial charge in [0.25, 0.3) is 0 Å². The van der Waals surface area contributed by atoms with Gasteiger partial charge in [0, 0.05) is 6.21 Å². The van der Waals surface area contributed by atoms with Crippen molar-refractivity contribution >= 4 is 6.21 Å². The van der Waals surface area contributed by atoms with Crippen LogP contribution in [0.3, 0.4) is 0 Å². The molecule has 5 nitrogen and oxygen atoms in total. The van der Waals surface area contributed by atoms with Crippen molar-refractivity contribution < 1.29 is 18.9 Å². The van der Waals surface area contributed by atoms with Crippen molar-refractivity contribution in [2.45, 2.75) is 57.6 Å². The minimum Gasteiger partial charge on any atom is -0.348 e. The molecule has 1 N–H and O–H groups in total. The van der Waals surface area contributed by atoms with E-state index in [2.05, 4.69) is 0 Å². The lowest BCUT2D eigenvalue weighted by atomic mass is 10.1. The Kier molecular flexibility index (Phi) is 2.82. The lowest BCUT2D eigenvalue weighted by Gasteiger charge is -2.22. The van der Waals surface area contributed by atoms with Gasteiger partial charge in [0.2, 0.25) is 0 Å². The summed E-state index contributed by atoms with van der Waals surface area (Å²) in [7, 11) is 0. The summed E-state index contributed by atoms with van der Waals surface area (Å²) in [4.78, 5) is 0. The molecule has 2 fully saturated rings. The summed E-state index contributed by atoms with van der Waals surface area (Å²) in [5.41, 5.74) is 0. The maximum absolute atomic E-state index is 7.34. The molecule has 2 rings (SSSR count). The number of hydrogen-bond acceptors (Lipinski definition) is 5. The average molecular weight is 229 g/mol. The highest BCUT2D eigenvalue weighted by atomic mass is 16.8. The summed E-state index contributed by atoms with van der Waals surface area (Å²) in [6.45, 7) is 7.89. The van der Waals surface area contributed by atoms with Crippen LogP contribution in [0.25, 0.3) is 0 Å². The van der Waals surface area contributed by atoms with Gasteiger partial charge in [0.1, 0.15) is 18.3 Å². The molecular formula is C11H19NO4. The molecule has 2 saturated heterocycles. The van der Waals surface area contributed by atoms with Crippen molar-refractivity contribution in [2.24, 2.45) is 0 Å². The Morgan fingerprint density at radius 1 is 1.06 bits per heavy atom. The molecule has 0 aliphatic carbocycles. The van der Waals surface area contributed by atoms with Crippen molar-refractivity contribution in [3.8, 4) is 0 Å². The van der Waals surface area contributed by atoms with Gasteiger partial charge in [0.15, 0.2) is 11.6 Å². The third kappa shape index (κ3) is 2.27. The quantitative estimate of drug-likeness (QED) is 0.725. The molecule has 0 saturated carbocycles. The highest BCUT2D eigenvalue weighted by Crippen LogP contribution is 2.34. The van der Waals surface area contributed by atoms with Crippen molar-refractivity contribution in [3.05, 3.63) is 0 Å². The molecule has 0 aromatic carbocycles. The summed E-state index contributed by atoms with van der Waals surface area (Å²) in [6, 6.07) is 0. The first-order chi connectivity index (χ1) is 7.33. The maximum atomic E-state index is 7.34. The van der Waals surface area contributed by atoms with Crippen LogP contribution in [-0.2, 0) is 18.9 Å². The molecule has 92 valence electrons. The van der Waals surface area contributed by atoms with Crippen LogP contribution in [0.5, 0.6) is 0 Å². The molecule has 0 aromatic heterocycles. The zero-order valence-electron chi connectivity index (χ0n) is 10.1. The molecule has 0 spiro atoms. The Morgan fingerprint density at radius 2 is 1.75 bits per heavy atom. The highest BCUT2D eigenvalue weighted by molar-refractivity contribution is 5.61. The van der Waals surface area contributed by atoms with E-state index in [1.54, 1.807) is 0 Å². The third-order valence-electron chi connectivity index (χ3n) is 2.72. The molecule has 0 aromatic rings. The zero-order chi connectivity index (χ0) is 12.0. The molecule has 0 amide bonds. The highest BCUT2D eigenvalue weighted by Gasteiger charge is 2.48. The van der Waals surface area contributed by atoms with E-state index < -0.39 is 11.6 Å². The molecule has 0 bridgehead atoms. The molecule has 2 aliphatic rings. The molecule has 3 atom stereocenters. The molecular weight excluding hydrogens is 210 g/mol. The molecule has 2 aliphatic heterocycles. The monoisotopic (exact) mass is 229 g/mol. The Morgan fingerprint density at radius 3 is 2.25 bits per heavy atom. The normalized spacial score (nSPS) is 41.1. The predicted molar refractivity (Wildman–Crippen MR) is 57.5 cm³/mol. The Labute approximate surface area is 95.5 Å². The standard InChI is InChI=1S/C11H19NO4/c1-10(2)13-6-8(15-10)9-7(5-12)14-11(3,4)16-9/h5,7-9,12H,6H2,1-4H3/t7-,8-,9+/m1/s1. The van der Waals surface area contributed by atoms with E-state index in [0.29, 0.717) is 6.61 Å². The summed E-state index contributed by atoms with van der Waals surface area (Å²) in [5.74, 6) is -1.24. The largest absolute Gasteiger partial charge is 0.348 e. The van der Waals surface area contributed by atoms with Crippen LogP contribution >= 0.6 is 0 Å². The van der Waals surface area contributed by atoms with Crippen molar-refractivity contribution in [1.82, 2.24) is 0 Å². The number of nitrogens with one attached hydrogen (secondary N) is 1. The van der Waals surface area contributed by atoms with Crippen LogP contribution in [0, 0.1) is 5.41 Å². The summed E-state index contributed by atoms with van der Waals surface area (Å²) in [6.07, 6.45) is 0.448. The van der Waals surface area contributed by atoms with E-state index in [9.17, 15) is 0 Å². The lowest BCUT2D eigenvalue weighted by Crippen LogP contribution is -2.38. The topological polar surface area (TPSA) is 60.8 Å². The number of rotatable bonds is 2. The first-order valence-corrected chi connectivity index (χ1v) is 5.51. The van der Waals surface area contributed by atoms with Gasteiger partial charge in [-0.2, -0.15) is 0 Å². The van der Waals surface area contributed by atoms with E-state index in [4.69, 9.17) is 24.4 Å². The van der Waals surface area contributed by atoms with Gasteiger partial charge in [0.05, 0.1) is 6.61 Å². The van der Waals surface area contributed by atoms with Gasteiger partial charge in [-0.1, -0.05) is 0 Å². The van der Waals surface area contributed by atoms with E-state index in [0.717, 1.165) is 0 Å². The van der Waals surface area contributed by atoms with Crippen LogP contribution in [0.4, 0.5) is 0 Å². The fraction of sp³-hybridized carbons (Fsp3) is 0.909. The van der Waals surface area contributed by atoms with Gasteiger partial charge in [-0.25, -0.2) is 0 Å². The predicted octanol–water partition coefficient (Wildman–Crippen LogP) is 1.31. The fourth-order valence-corrected chi connectivity index (χ4v) is 2.11. The summed E-state index contributed by atoms with van der Waals surface area (Å²) < 4.78 is 22.6. The second kappa shape index (κ2) is 3.77. The van der Waals surface area contributed by atoms with Gasteiger partial charge < -0.3 is 24.4 Å². The van der Waals surface area contributed by atoms with Crippen LogP contribution in [0.2, 0.25) is 0 Å². The average Bonchev–Trinajstić information content (AvgIpc) is 2.65. The van der Waals surface area contributed by atoms with Crippen LogP contribution in [-0.4, -0.2) is 42.7 Å². The molecule has 5 heteroatoms. The first-order valence-electron chi connectivity index (χ1n) is 5.51. The Hall–Kier alpha value is -0.490.